The predicted molar refractivity (Wildman–Crippen MR) is 50.0 cm³/mol. The van der Waals surface area contributed by atoms with Crippen molar-refractivity contribution in [3.8, 4) is 0 Å². The van der Waals surface area contributed by atoms with Crippen LogP contribution in [0.1, 0.15) is 26.7 Å². The minimum atomic E-state index is 0.0306. The van der Waals surface area contributed by atoms with Crippen LogP contribution in [-0.4, -0.2) is 26.4 Å². The molecule has 0 atom stereocenters. The van der Waals surface area contributed by atoms with E-state index in [4.69, 9.17) is 16.4 Å². The Kier molecular flexibility index (Phi) is 8.95. The molecule has 0 heterocycles. The molecule has 0 aliphatic carbocycles. The Morgan fingerprint density at radius 1 is 1.00 bits per heavy atom. The van der Waals surface area contributed by atoms with E-state index in [9.17, 15) is 0 Å². The Hall–Kier alpha value is -0.0800. The van der Waals surface area contributed by atoms with Crippen LogP contribution in [0.5, 0.6) is 0 Å². The van der Waals surface area contributed by atoms with E-state index in [-0.39, 0.29) is 5.92 Å². The molecule has 12 heavy (non-hydrogen) atoms. The molecule has 0 aliphatic rings. The van der Waals surface area contributed by atoms with Gasteiger partial charge in [-0.3, -0.25) is 0 Å². The van der Waals surface area contributed by atoms with E-state index >= 15 is 0 Å². The molecule has 0 unspecified atom stereocenters. The first-order valence-electron chi connectivity index (χ1n) is 4.72. The van der Waals surface area contributed by atoms with Crippen LogP contribution in [0.25, 0.3) is 0 Å². The number of rotatable bonds is 8. The second-order valence-corrected chi connectivity index (χ2v) is 2.91. The van der Waals surface area contributed by atoms with Gasteiger partial charge in [-0.25, -0.2) is 0 Å². The molecule has 0 aromatic carbocycles. The number of hydrogen-bond donors (Lipinski definition) is 0. The summed E-state index contributed by atoms with van der Waals surface area (Å²) in [6, 6.07) is 0. The average Bonchev–Trinajstić information content (AvgIpc) is 2.06. The summed E-state index contributed by atoms with van der Waals surface area (Å²) in [7, 11) is 0. The normalized spacial score (nSPS) is 11.0. The molecule has 0 aromatic heterocycles. The number of hydrogen-bond acceptors (Lipinski definition) is 2. The molecule has 0 spiro atoms. The first kappa shape index (κ1) is 11.9. The minimum Gasteiger partial charge on any atom is -0.381 e. The summed E-state index contributed by atoms with van der Waals surface area (Å²) in [4.78, 5) is 0. The monoisotopic (exact) mass is 172 g/mol. The molecule has 72 valence electrons. The van der Waals surface area contributed by atoms with E-state index in [0.29, 0.717) is 13.2 Å². The van der Waals surface area contributed by atoms with Crippen LogP contribution in [0.2, 0.25) is 0 Å². The molecule has 0 aromatic rings. The van der Waals surface area contributed by atoms with Gasteiger partial charge in [0.15, 0.2) is 0 Å². The Balaban J connectivity index is 3.04. The molecule has 0 saturated carbocycles. The Labute approximate surface area is 76.3 Å². The van der Waals surface area contributed by atoms with Gasteiger partial charge in [-0.05, 0) is 19.8 Å². The van der Waals surface area contributed by atoms with Crippen molar-refractivity contribution < 1.29 is 9.47 Å². The summed E-state index contributed by atoms with van der Waals surface area (Å²) in [5, 5.41) is 0. The highest BCUT2D eigenvalue weighted by Crippen LogP contribution is 1.97. The summed E-state index contributed by atoms with van der Waals surface area (Å²) in [5.41, 5.74) is 0. The lowest BCUT2D eigenvalue weighted by molar-refractivity contribution is 0.0551. The lowest BCUT2D eigenvalue weighted by atomic mass is 10.2. The minimum absolute atomic E-state index is 0.0306. The zero-order chi connectivity index (χ0) is 9.23. The third kappa shape index (κ3) is 8.02. The molecule has 0 N–H and O–H groups in total. The highest BCUT2D eigenvalue weighted by molar-refractivity contribution is 4.58. The molecular formula is C10H20O2. The van der Waals surface area contributed by atoms with E-state index < -0.39 is 0 Å². The Morgan fingerprint density at radius 3 is 1.75 bits per heavy atom. The fourth-order valence-corrected chi connectivity index (χ4v) is 0.806. The van der Waals surface area contributed by atoms with Crippen molar-refractivity contribution in [2.24, 2.45) is 5.92 Å². The molecule has 2 heteroatoms. The zero-order valence-electron chi connectivity index (χ0n) is 8.21. The summed E-state index contributed by atoms with van der Waals surface area (Å²) >= 11 is 0. The quantitative estimate of drug-likeness (QED) is 0.522. The Morgan fingerprint density at radius 2 is 1.42 bits per heavy atom. The molecule has 0 saturated heterocycles. The van der Waals surface area contributed by atoms with E-state index in [1.807, 2.05) is 0 Å². The van der Waals surface area contributed by atoms with Gasteiger partial charge in [0.1, 0.15) is 0 Å². The maximum Gasteiger partial charge on any atom is 0.0519 e. The van der Waals surface area contributed by atoms with E-state index in [2.05, 4.69) is 13.8 Å². The first-order valence-corrected chi connectivity index (χ1v) is 4.72. The van der Waals surface area contributed by atoms with Crippen molar-refractivity contribution in [2.45, 2.75) is 26.7 Å². The van der Waals surface area contributed by atoms with Gasteiger partial charge in [0, 0.05) is 19.1 Å². The van der Waals surface area contributed by atoms with Crippen molar-refractivity contribution in [1.82, 2.24) is 0 Å². The van der Waals surface area contributed by atoms with E-state index in [0.717, 1.165) is 26.1 Å². The van der Waals surface area contributed by atoms with Gasteiger partial charge < -0.3 is 9.47 Å². The highest BCUT2D eigenvalue weighted by atomic mass is 16.5. The van der Waals surface area contributed by atoms with Crippen molar-refractivity contribution in [3.05, 3.63) is 6.92 Å². The standard InChI is InChI=1S/C10H20O2/c1-4-6-11-8-10(3)9-12-7-5-2/h3,10H,4-9H2,1-2H3. The van der Waals surface area contributed by atoms with Gasteiger partial charge >= 0.3 is 0 Å². The average molecular weight is 172 g/mol. The zero-order valence-corrected chi connectivity index (χ0v) is 8.21. The lowest BCUT2D eigenvalue weighted by Gasteiger charge is -2.11. The molecule has 0 aliphatic heterocycles. The predicted octanol–water partition coefficient (Wildman–Crippen LogP) is 2.17. The van der Waals surface area contributed by atoms with Crippen LogP contribution in [0, 0.1) is 12.8 Å². The first-order chi connectivity index (χ1) is 5.81. The van der Waals surface area contributed by atoms with Crippen molar-refractivity contribution in [3.63, 3.8) is 0 Å². The Bertz CT molecular complexity index is 73.9. The fraction of sp³-hybridized carbons (Fsp3) is 0.900. The van der Waals surface area contributed by atoms with E-state index in [1.165, 1.54) is 0 Å². The fourth-order valence-electron chi connectivity index (χ4n) is 0.806. The van der Waals surface area contributed by atoms with E-state index in [1.54, 1.807) is 0 Å². The smallest absolute Gasteiger partial charge is 0.0519 e. The van der Waals surface area contributed by atoms with Crippen molar-refractivity contribution >= 4 is 0 Å². The van der Waals surface area contributed by atoms with Crippen molar-refractivity contribution in [2.75, 3.05) is 26.4 Å². The second kappa shape index (κ2) is 9.01. The molecule has 0 bridgehead atoms. The van der Waals surface area contributed by atoms with Gasteiger partial charge in [0.05, 0.1) is 13.2 Å². The summed E-state index contributed by atoms with van der Waals surface area (Å²) < 4.78 is 10.5. The van der Waals surface area contributed by atoms with Gasteiger partial charge in [-0.2, -0.15) is 0 Å². The van der Waals surface area contributed by atoms with Gasteiger partial charge in [-0.15, -0.1) is 0 Å². The third-order valence-electron chi connectivity index (χ3n) is 1.36. The SMILES string of the molecule is [CH]C(COCCC)COCCC. The second-order valence-electron chi connectivity index (χ2n) is 2.91. The third-order valence-corrected chi connectivity index (χ3v) is 1.36. The maximum absolute atomic E-state index is 5.71. The molecular weight excluding hydrogens is 152 g/mol. The molecule has 0 rings (SSSR count). The molecule has 2 nitrogen and oxygen atoms in total. The summed E-state index contributed by atoms with van der Waals surface area (Å²) in [6.45, 7) is 12.7. The molecule has 0 fully saturated rings. The van der Waals surface area contributed by atoms with Crippen LogP contribution < -0.4 is 0 Å². The van der Waals surface area contributed by atoms with Crippen LogP contribution in [0.3, 0.4) is 0 Å². The highest BCUT2D eigenvalue weighted by Gasteiger charge is 2.01. The van der Waals surface area contributed by atoms with Crippen LogP contribution in [0.15, 0.2) is 0 Å². The topological polar surface area (TPSA) is 18.5 Å². The largest absolute Gasteiger partial charge is 0.381 e. The molecule has 2 radical (unpaired) electrons. The number of ether oxygens (including phenoxy) is 2. The van der Waals surface area contributed by atoms with Crippen LogP contribution in [-0.2, 0) is 9.47 Å². The van der Waals surface area contributed by atoms with Crippen LogP contribution >= 0.6 is 0 Å². The lowest BCUT2D eigenvalue weighted by Crippen LogP contribution is -2.13. The van der Waals surface area contributed by atoms with Crippen LogP contribution in [0.4, 0.5) is 0 Å². The molecule has 0 amide bonds. The summed E-state index contributed by atoms with van der Waals surface area (Å²) in [6.07, 6.45) is 2.09. The van der Waals surface area contributed by atoms with Crippen molar-refractivity contribution in [1.29, 1.82) is 0 Å². The van der Waals surface area contributed by atoms with Gasteiger partial charge in [0.2, 0.25) is 0 Å². The van der Waals surface area contributed by atoms with Gasteiger partial charge in [-0.1, -0.05) is 13.8 Å². The van der Waals surface area contributed by atoms with Gasteiger partial charge in [0.25, 0.3) is 0 Å². The maximum atomic E-state index is 5.71. The summed E-state index contributed by atoms with van der Waals surface area (Å²) in [5.74, 6) is 0.0306.